The van der Waals surface area contributed by atoms with E-state index >= 15 is 0 Å². The van der Waals surface area contributed by atoms with Gasteiger partial charge in [0.25, 0.3) is 0 Å². The average Bonchev–Trinajstić information content (AvgIpc) is 1.94. The van der Waals surface area contributed by atoms with Gasteiger partial charge in [-0.2, -0.15) is 0 Å². The molecule has 86 valence electrons. The number of carboxylic acids is 3. The van der Waals surface area contributed by atoms with Crippen LogP contribution >= 0.6 is 7.60 Å². The van der Waals surface area contributed by atoms with Crippen LogP contribution in [-0.4, -0.2) is 33.4 Å². The van der Waals surface area contributed by atoms with Gasteiger partial charge in [0.1, 0.15) is 5.66 Å². The maximum atomic E-state index is 10.5. The first-order valence-electron chi connectivity index (χ1n) is 3.26. The minimum atomic E-state index is -5.50. The number of hydrogen-bond acceptors (Lipinski definition) is 7. The average molecular weight is 239 g/mol. The highest BCUT2D eigenvalue weighted by atomic mass is 31.2. The van der Waals surface area contributed by atoms with E-state index in [9.17, 15) is 34.3 Å². The largest absolute Gasteiger partial charge is 0.549 e. The van der Waals surface area contributed by atoms with Gasteiger partial charge in [0, 0.05) is 0 Å². The Morgan fingerprint density at radius 3 is 1.33 bits per heavy atom. The summed E-state index contributed by atoms with van der Waals surface area (Å²) in [6.45, 7) is 0. The fourth-order valence-corrected chi connectivity index (χ4v) is 1.73. The first-order valence-corrected chi connectivity index (χ1v) is 4.95. The van der Waals surface area contributed by atoms with Crippen molar-refractivity contribution in [2.24, 2.45) is 5.92 Å². The molecule has 2 N–H and O–H groups in total. The van der Waals surface area contributed by atoms with E-state index in [1.807, 2.05) is 0 Å². The van der Waals surface area contributed by atoms with E-state index in [4.69, 9.17) is 9.79 Å². The molecule has 0 saturated carbocycles. The van der Waals surface area contributed by atoms with E-state index in [0.717, 1.165) is 0 Å². The molecule has 1 unspecified atom stereocenters. The molecular formula is C5H4O9P-3. The lowest BCUT2D eigenvalue weighted by Crippen LogP contribution is -2.54. The zero-order chi connectivity index (χ0) is 12.4. The molecule has 0 saturated heterocycles. The number of carboxylic acid groups (broad SMARTS) is 3. The molecule has 0 aliphatic heterocycles. The summed E-state index contributed by atoms with van der Waals surface area (Å²) in [7, 11) is -5.50. The highest BCUT2D eigenvalue weighted by Crippen LogP contribution is 2.44. The van der Waals surface area contributed by atoms with Crippen molar-refractivity contribution in [3.05, 3.63) is 0 Å². The molecule has 1 atom stereocenters. The smallest absolute Gasteiger partial charge is 0.335 e. The Hall–Kier alpha value is -1.44. The highest BCUT2D eigenvalue weighted by molar-refractivity contribution is 7.53. The van der Waals surface area contributed by atoms with Crippen molar-refractivity contribution in [1.82, 2.24) is 0 Å². The third-order valence-electron chi connectivity index (χ3n) is 1.43. The molecule has 0 aromatic rings. The Balaban J connectivity index is 5.41. The van der Waals surface area contributed by atoms with Crippen LogP contribution in [0, 0.1) is 5.92 Å². The summed E-state index contributed by atoms with van der Waals surface area (Å²) in [5, 5.41) is 30.5. The molecule has 0 rings (SSSR count). The minimum Gasteiger partial charge on any atom is -0.549 e. The van der Waals surface area contributed by atoms with E-state index in [-0.39, 0.29) is 0 Å². The lowest BCUT2D eigenvalue weighted by atomic mass is 10.1. The predicted molar refractivity (Wildman–Crippen MR) is 34.3 cm³/mol. The molecule has 0 aromatic heterocycles. The zero-order valence-corrected chi connectivity index (χ0v) is 7.75. The number of carbonyl (C=O) groups excluding carboxylic acids is 3. The van der Waals surface area contributed by atoms with Gasteiger partial charge in [0.2, 0.25) is 0 Å². The van der Waals surface area contributed by atoms with Crippen molar-refractivity contribution < 1.29 is 44.1 Å². The monoisotopic (exact) mass is 239 g/mol. The molecule has 0 bridgehead atoms. The second-order valence-corrected chi connectivity index (χ2v) is 4.20. The molecule has 9 nitrogen and oxygen atoms in total. The minimum absolute atomic E-state index is 2.48. The standard InChI is InChI=1S/C5H7O9P/c6-3(7)1(4(8)9)2(5(10)11)15(12,13)14/h1-2H,(H,6,7)(H,8,9)(H,10,11)(H2,12,13,14)/p-3. The quantitative estimate of drug-likeness (QED) is 0.349. The van der Waals surface area contributed by atoms with Crippen molar-refractivity contribution >= 4 is 25.5 Å². The molecule has 0 fully saturated rings. The molecule has 0 spiro atoms. The van der Waals surface area contributed by atoms with E-state index in [0.29, 0.717) is 0 Å². The van der Waals surface area contributed by atoms with Gasteiger partial charge in [0.15, 0.2) is 0 Å². The fraction of sp³-hybridized carbons (Fsp3) is 0.400. The summed E-state index contributed by atoms with van der Waals surface area (Å²) in [6.07, 6.45) is 0. The van der Waals surface area contributed by atoms with E-state index in [1.54, 1.807) is 0 Å². The van der Waals surface area contributed by atoms with Crippen LogP contribution in [0.3, 0.4) is 0 Å². The number of rotatable bonds is 5. The molecule has 0 aliphatic rings. The van der Waals surface area contributed by atoms with Crippen LogP contribution in [-0.2, 0) is 18.9 Å². The molecule has 0 radical (unpaired) electrons. The third kappa shape index (κ3) is 3.31. The summed E-state index contributed by atoms with van der Waals surface area (Å²) in [6, 6.07) is 0. The first-order chi connectivity index (χ1) is 6.59. The highest BCUT2D eigenvalue weighted by Gasteiger charge is 2.39. The topological polar surface area (TPSA) is 178 Å². The van der Waals surface area contributed by atoms with Gasteiger partial charge in [0.05, 0.1) is 23.8 Å². The summed E-state index contributed by atoms with van der Waals surface area (Å²) in [4.78, 5) is 47.4. The Morgan fingerprint density at radius 2 is 1.27 bits per heavy atom. The van der Waals surface area contributed by atoms with Gasteiger partial charge in [-0.1, -0.05) is 0 Å². The van der Waals surface area contributed by atoms with E-state index in [1.165, 1.54) is 0 Å². The number of carbonyl (C=O) groups is 3. The van der Waals surface area contributed by atoms with Crippen LogP contribution in [0.25, 0.3) is 0 Å². The van der Waals surface area contributed by atoms with Crippen LogP contribution < -0.4 is 15.3 Å². The molecule has 0 amide bonds. The molecule has 10 heteroatoms. The van der Waals surface area contributed by atoms with Crippen LogP contribution in [0.5, 0.6) is 0 Å². The molecule has 0 aromatic carbocycles. The molecule has 0 heterocycles. The maximum Gasteiger partial charge on any atom is 0.335 e. The number of hydrogen-bond donors (Lipinski definition) is 2. The summed E-state index contributed by atoms with van der Waals surface area (Å²) < 4.78 is 10.5. The Morgan fingerprint density at radius 1 is 0.933 bits per heavy atom. The second-order valence-electron chi connectivity index (χ2n) is 2.47. The van der Waals surface area contributed by atoms with Gasteiger partial charge in [-0.25, -0.2) is 0 Å². The lowest BCUT2D eigenvalue weighted by Gasteiger charge is -2.29. The van der Waals surface area contributed by atoms with Crippen molar-refractivity contribution in [1.29, 1.82) is 0 Å². The van der Waals surface area contributed by atoms with Crippen LogP contribution in [0.2, 0.25) is 0 Å². The lowest BCUT2D eigenvalue weighted by molar-refractivity contribution is -0.337. The van der Waals surface area contributed by atoms with Crippen molar-refractivity contribution in [2.75, 3.05) is 0 Å². The van der Waals surface area contributed by atoms with Crippen LogP contribution in [0.1, 0.15) is 0 Å². The van der Waals surface area contributed by atoms with Gasteiger partial charge in [-0.3, -0.25) is 4.57 Å². The van der Waals surface area contributed by atoms with E-state index in [2.05, 4.69) is 0 Å². The Labute approximate surface area is 82.1 Å². The Bertz CT molecular complexity index is 326. The van der Waals surface area contributed by atoms with Gasteiger partial charge >= 0.3 is 7.60 Å². The van der Waals surface area contributed by atoms with Gasteiger partial charge in [-0.15, -0.1) is 0 Å². The zero-order valence-electron chi connectivity index (χ0n) is 6.85. The normalized spacial score (nSPS) is 13.5. The van der Waals surface area contributed by atoms with Crippen molar-refractivity contribution in [2.45, 2.75) is 5.66 Å². The van der Waals surface area contributed by atoms with Crippen LogP contribution in [0.15, 0.2) is 0 Å². The predicted octanol–water partition coefficient (Wildman–Crippen LogP) is -5.60. The van der Waals surface area contributed by atoms with Crippen LogP contribution in [0.4, 0.5) is 0 Å². The molecule has 15 heavy (non-hydrogen) atoms. The molecule has 0 aliphatic carbocycles. The SMILES string of the molecule is O=C([O-])C(C(=O)[O-])C(C(=O)[O-])P(=O)(O)O. The maximum absolute atomic E-state index is 10.5. The summed E-state index contributed by atoms with van der Waals surface area (Å²) in [5.74, 6) is -10.4. The van der Waals surface area contributed by atoms with Crippen molar-refractivity contribution in [3.8, 4) is 0 Å². The fourth-order valence-electron chi connectivity index (χ4n) is 0.822. The second kappa shape index (κ2) is 4.39. The summed E-state index contributed by atoms with van der Waals surface area (Å²) in [5.41, 5.74) is -3.03. The first kappa shape index (κ1) is 13.6. The molecular weight excluding hydrogens is 235 g/mol. The Kier molecular flexibility index (Phi) is 3.97. The van der Waals surface area contributed by atoms with E-state index < -0.39 is 37.1 Å². The van der Waals surface area contributed by atoms with Gasteiger partial charge < -0.3 is 39.5 Å². The third-order valence-corrected chi connectivity index (χ3v) is 2.66. The van der Waals surface area contributed by atoms with Gasteiger partial charge in [-0.05, 0) is 0 Å². The summed E-state index contributed by atoms with van der Waals surface area (Å²) >= 11 is 0. The number of aliphatic carboxylic acids is 3. The van der Waals surface area contributed by atoms with Crippen molar-refractivity contribution in [3.63, 3.8) is 0 Å².